The molecule has 9 heteroatoms. The molecule has 2 aromatic carbocycles. The Hall–Kier alpha value is -3.51. The van der Waals surface area contributed by atoms with E-state index in [2.05, 4.69) is 9.71 Å². The van der Waals surface area contributed by atoms with Crippen molar-refractivity contribution in [3.8, 4) is 17.6 Å². The lowest BCUT2D eigenvalue weighted by Crippen LogP contribution is -2.14. The summed E-state index contributed by atoms with van der Waals surface area (Å²) in [6.07, 6.45) is 2.76. The fraction of sp³-hybridized carbons (Fsp3) is 0.143. The molecule has 1 fully saturated rings. The van der Waals surface area contributed by atoms with Crippen molar-refractivity contribution >= 4 is 15.8 Å². The second kappa shape index (κ2) is 7.72. The molecule has 1 aromatic heterocycles. The van der Waals surface area contributed by atoms with Gasteiger partial charge in [-0.25, -0.2) is 22.2 Å². The quantitative estimate of drug-likeness (QED) is 0.616. The molecule has 1 aliphatic rings. The van der Waals surface area contributed by atoms with Gasteiger partial charge in [-0.1, -0.05) is 0 Å². The second-order valence-corrected chi connectivity index (χ2v) is 8.48. The van der Waals surface area contributed by atoms with Crippen LogP contribution in [0.1, 0.15) is 29.9 Å². The van der Waals surface area contributed by atoms with Crippen molar-refractivity contribution in [2.45, 2.75) is 23.7 Å². The molecule has 1 N–H and O–H groups in total. The zero-order chi connectivity index (χ0) is 21.3. The Bertz CT molecular complexity index is 1250. The average Bonchev–Trinajstić information content (AvgIpc) is 3.56. The van der Waals surface area contributed by atoms with Crippen LogP contribution >= 0.6 is 0 Å². The molecular formula is C21H15F2N3O3S. The predicted octanol–water partition coefficient (Wildman–Crippen LogP) is 4.70. The summed E-state index contributed by atoms with van der Waals surface area (Å²) in [5.41, 5.74) is 0.718. The SMILES string of the molecule is N#Cc1cc(S(=O)(=O)Nc2ccc(F)cn2)ccc1Oc1ccc(F)cc1C1CC1. The van der Waals surface area contributed by atoms with E-state index < -0.39 is 15.8 Å². The molecule has 1 aliphatic carbocycles. The minimum Gasteiger partial charge on any atom is -0.456 e. The molecule has 4 rings (SSSR count). The topological polar surface area (TPSA) is 92.1 Å². The predicted molar refractivity (Wildman–Crippen MR) is 105 cm³/mol. The van der Waals surface area contributed by atoms with Gasteiger partial charge in [-0.05, 0) is 67.3 Å². The number of ether oxygens (including phenoxy) is 1. The van der Waals surface area contributed by atoms with Crippen LogP contribution < -0.4 is 9.46 Å². The van der Waals surface area contributed by atoms with Gasteiger partial charge in [0.15, 0.2) is 0 Å². The third-order valence-electron chi connectivity index (χ3n) is 4.56. The molecule has 0 aliphatic heterocycles. The smallest absolute Gasteiger partial charge is 0.263 e. The van der Waals surface area contributed by atoms with Crippen LogP contribution in [-0.2, 0) is 10.0 Å². The first kappa shape index (κ1) is 19.8. The lowest BCUT2D eigenvalue weighted by molar-refractivity contribution is 0.472. The van der Waals surface area contributed by atoms with Crippen LogP contribution in [0, 0.1) is 23.0 Å². The minimum atomic E-state index is -4.06. The van der Waals surface area contributed by atoms with Crippen LogP contribution in [0.25, 0.3) is 0 Å². The molecule has 6 nitrogen and oxygen atoms in total. The molecule has 0 unspecified atom stereocenters. The first-order chi connectivity index (χ1) is 14.4. The van der Waals surface area contributed by atoms with Crippen LogP contribution in [0.2, 0.25) is 0 Å². The number of nitrogens with one attached hydrogen (secondary N) is 1. The molecule has 30 heavy (non-hydrogen) atoms. The van der Waals surface area contributed by atoms with Gasteiger partial charge < -0.3 is 4.74 Å². The van der Waals surface area contributed by atoms with E-state index in [0.717, 1.165) is 30.7 Å². The van der Waals surface area contributed by atoms with Crippen molar-refractivity contribution in [3.05, 3.63) is 77.5 Å². The normalized spacial score (nSPS) is 13.5. The standard InChI is InChI=1S/C21H15F2N3O3S/c22-15-3-6-20(18(10-15)13-1-2-13)29-19-7-5-17(9-14(19)11-24)30(27,28)26-21-8-4-16(23)12-25-21/h3-10,12-13H,1-2H2,(H,25,26). The van der Waals surface area contributed by atoms with Gasteiger partial charge in [0.05, 0.1) is 16.7 Å². The molecule has 152 valence electrons. The number of sulfonamides is 1. The van der Waals surface area contributed by atoms with E-state index in [1.54, 1.807) is 0 Å². The summed E-state index contributed by atoms with van der Waals surface area (Å²) >= 11 is 0. The number of hydrogen-bond donors (Lipinski definition) is 1. The van der Waals surface area contributed by atoms with Crippen LogP contribution in [0.15, 0.2) is 59.6 Å². The summed E-state index contributed by atoms with van der Waals surface area (Å²) < 4.78 is 59.8. The maximum atomic E-state index is 13.6. The number of aromatic nitrogens is 1. The highest BCUT2D eigenvalue weighted by Crippen LogP contribution is 2.45. The van der Waals surface area contributed by atoms with Gasteiger partial charge in [-0.3, -0.25) is 4.72 Å². The van der Waals surface area contributed by atoms with Crippen molar-refractivity contribution in [1.29, 1.82) is 5.26 Å². The fourth-order valence-corrected chi connectivity index (χ4v) is 3.96. The average molecular weight is 427 g/mol. The Kier molecular flexibility index (Phi) is 5.10. The molecule has 0 saturated heterocycles. The number of benzene rings is 2. The number of anilines is 1. The van der Waals surface area contributed by atoms with E-state index in [1.165, 1.54) is 42.5 Å². The van der Waals surface area contributed by atoms with E-state index in [1.807, 2.05) is 6.07 Å². The Morgan fingerprint density at radius 2 is 1.77 bits per heavy atom. The summed E-state index contributed by atoms with van der Waals surface area (Å²) in [5.74, 6) is -0.224. The van der Waals surface area contributed by atoms with Crippen LogP contribution in [0.4, 0.5) is 14.6 Å². The zero-order valence-corrected chi connectivity index (χ0v) is 16.3. The van der Waals surface area contributed by atoms with Crippen molar-refractivity contribution in [2.75, 3.05) is 4.72 Å². The molecule has 3 aromatic rings. The van der Waals surface area contributed by atoms with Crippen molar-refractivity contribution < 1.29 is 21.9 Å². The first-order valence-corrected chi connectivity index (χ1v) is 10.5. The third-order valence-corrected chi connectivity index (χ3v) is 5.91. The number of halogens is 2. The lowest BCUT2D eigenvalue weighted by Gasteiger charge is -2.13. The third kappa shape index (κ3) is 4.23. The number of hydrogen-bond acceptors (Lipinski definition) is 5. The van der Waals surface area contributed by atoms with Gasteiger partial charge in [0.1, 0.15) is 35.0 Å². The molecule has 0 spiro atoms. The number of pyridine rings is 1. The van der Waals surface area contributed by atoms with Crippen LogP contribution in [0.3, 0.4) is 0 Å². The highest BCUT2D eigenvalue weighted by atomic mass is 32.2. The fourth-order valence-electron chi connectivity index (χ4n) is 2.93. The van der Waals surface area contributed by atoms with Crippen LogP contribution in [-0.4, -0.2) is 13.4 Å². The van der Waals surface area contributed by atoms with Gasteiger partial charge in [-0.15, -0.1) is 0 Å². The lowest BCUT2D eigenvalue weighted by atomic mass is 10.1. The van der Waals surface area contributed by atoms with Crippen molar-refractivity contribution in [2.24, 2.45) is 0 Å². The van der Waals surface area contributed by atoms with Gasteiger partial charge in [-0.2, -0.15) is 5.26 Å². The highest BCUT2D eigenvalue weighted by Gasteiger charge is 2.28. The Labute approximate surface area is 171 Å². The Morgan fingerprint density at radius 3 is 2.43 bits per heavy atom. The van der Waals surface area contributed by atoms with E-state index in [4.69, 9.17) is 4.74 Å². The van der Waals surface area contributed by atoms with Gasteiger partial charge >= 0.3 is 0 Å². The molecule has 1 heterocycles. The molecule has 0 bridgehead atoms. The highest BCUT2D eigenvalue weighted by molar-refractivity contribution is 7.92. The number of rotatable bonds is 6. The summed E-state index contributed by atoms with van der Waals surface area (Å²) in [6, 6.07) is 12.2. The van der Waals surface area contributed by atoms with Gasteiger partial charge in [0.25, 0.3) is 10.0 Å². The van der Waals surface area contributed by atoms with Gasteiger partial charge in [0.2, 0.25) is 0 Å². The van der Waals surface area contributed by atoms with E-state index in [-0.39, 0.29) is 33.8 Å². The molecule has 0 atom stereocenters. The zero-order valence-electron chi connectivity index (χ0n) is 15.5. The minimum absolute atomic E-state index is 0.00369. The largest absolute Gasteiger partial charge is 0.456 e. The van der Waals surface area contributed by atoms with Gasteiger partial charge in [0, 0.05) is 5.56 Å². The summed E-state index contributed by atoms with van der Waals surface area (Å²) in [4.78, 5) is 3.48. The monoisotopic (exact) mass is 427 g/mol. The summed E-state index contributed by atoms with van der Waals surface area (Å²) in [7, 11) is -4.06. The number of nitrogens with zero attached hydrogens (tertiary/aromatic N) is 2. The molecule has 1 saturated carbocycles. The molecule has 0 amide bonds. The second-order valence-electron chi connectivity index (χ2n) is 6.80. The summed E-state index contributed by atoms with van der Waals surface area (Å²) in [6.45, 7) is 0. The summed E-state index contributed by atoms with van der Waals surface area (Å²) in [5, 5.41) is 9.48. The van der Waals surface area contributed by atoms with E-state index in [9.17, 15) is 22.5 Å². The first-order valence-electron chi connectivity index (χ1n) is 9.01. The Morgan fingerprint density at radius 1 is 1.03 bits per heavy atom. The molecular weight excluding hydrogens is 412 g/mol. The molecule has 0 radical (unpaired) electrons. The Balaban J connectivity index is 1.62. The maximum Gasteiger partial charge on any atom is 0.263 e. The van der Waals surface area contributed by atoms with Crippen molar-refractivity contribution in [1.82, 2.24) is 4.98 Å². The number of nitriles is 1. The van der Waals surface area contributed by atoms with Crippen LogP contribution in [0.5, 0.6) is 11.5 Å². The van der Waals surface area contributed by atoms with E-state index >= 15 is 0 Å². The van der Waals surface area contributed by atoms with Crippen molar-refractivity contribution in [3.63, 3.8) is 0 Å². The van der Waals surface area contributed by atoms with E-state index in [0.29, 0.717) is 5.75 Å². The maximum absolute atomic E-state index is 13.6.